The van der Waals surface area contributed by atoms with Crippen molar-refractivity contribution in [1.29, 1.82) is 0 Å². The number of likely N-dealkylation sites (tertiary alicyclic amines) is 1. The molecule has 0 spiro atoms. The number of hydrogen-bond acceptors (Lipinski definition) is 6. The predicted octanol–water partition coefficient (Wildman–Crippen LogP) is 4.22. The monoisotopic (exact) mass is 419 g/mol. The Kier molecular flexibility index (Phi) is 4.92. The van der Waals surface area contributed by atoms with Crippen molar-refractivity contribution in [3.63, 3.8) is 0 Å². The molecule has 1 aliphatic rings. The smallest absolute Gasteiger partial charge is 0.272 e. The molecule has 0 aliphatic carbocycles. The Morgan fingerprint density at radius 3 is 2.83 bits per heavy atom. The minimum atomic E-state index is -0.0186. The number of aromatic nitrogens is 4. The van der Waals surface area contributed by atoms with Gasteiger partial charge in [0.15, 0.2) is 0 Å². The van der Waals surface area contributed by atoms with E-state index in [1.807, 2.05) is 65.9 Å². The van der Waals surface area contributed by atoms with Gasteiger partial charge in [0.2, 0.25) is 5.89 Å². The SMILES string of the molecule is Cn1nc(-c2ccccc2)cc1C(=O)N1CCC[C@@H](c2nnc(-c3cccs3)o2)C1. The number of hydrogen-bond donors (Lipinski definition) is 0. The van der Waals surface area contributed by atoms with Gasteiger partial charge in [0.05, 0.1) is 16.5 Å². The molecule has 5 rings (SSSR count). The average Bonchev–Trinajstić information content (AvgIpc) is 3.54. The summed E-state index contributed by atoms with van der Waals surface area (Å²) in [6.45, 7) is 1.28. The zero-order valence-corrected chi connectivity index (χ0v) is 17.4. The molecule has 1 aromatic carbocycles. The second-order valence-electron chi connectivity index (χ2n) is 7.42. The van der Waals surface area contributed by atoms with Crippen molar-refractivity contribution in [2.24, 2.45) is 7.05 Å². The molecule has 1 saturated heterocycles. The van der Waals surface area contributed by atoms with Crippen molar-refractivity contribution >= 4 is 17.2 Å². The van der Waals surface area contributed by atoms with Crippen molar-refractivity contribution < 1.29 is 9.21 Å². The minimum absolute atomic E-state index is 0.0186. The summed E-state index contributed by atoms with van der Waals surface area (Å²) < 4.78 is 7.58. The Labute approximate surface area is 178 Å². The molecule has 7 nitrogen and oxygen atoms in total. The molecule has 1 atom stereocenters. The van der Waals surface area contributed by atoms with Crippen LogP contribution >= 0.6 is 11.3 Å². The van der Waals surface area contributed by atoms with Crippen LogP contribution in [0.15, 0.2) is 58.3 Å². The lowest BCUT2D eigenvalue weighted by Crippen LogP contribution is -2.40. The number of piperidine rings is 1. The second-order valence-corrected chi connectivity index (χ2v) is 8.37. The van der Waals surface area contributed by atoms with Gasteiger partial charge in [-0.3, -0.25) is 9.48 Å². The van der Waals surface area contributed by atoms with Crippen LogP contribution in [0.3, 0.4) is 0 Å². The molecular formula is C22H21N5O2S. The van der Waals surface area contributed by atoms with E-state index in [1.54, 1.807) is 16.0 Å². The predicted molar refractivity (Wildman–Crippen MR) is 114 cm³/mol. The molecular weight excluding hydrogens is 398 g/mol. The molecule has 152 valence electrons. The summed E-state index contributed by atoms with van der Waals surface area (Å²) in [5, 5.41) is 15.0. The highest BCUT2D eigenvalue weighted by molar-refractivity contribution is 7.13. The number of rotatable bonds is 4. The van der Waals surface area contributed by atoms with Crippen molar-refractivity contribution in [2.75, 3.05) is 13.1 Å². The topological polar surface area (TPSA) is 77.1 Å². The first-order chi connectivity index (χ1) is 14.7. The van der Waals surface area contributed by atoms with Crippen molar-refractivity contribution in [2.45, 2.75) is 18.8 Å². The highest BCUT2D eigenvalue weighted by atomic mass is 32.1. The molecule has 0 bridgehead atoms. The molecule has 30 heavy (non-hydrogen) atoms. The van der Waals surface area contributed by atoms with Crippen LogP contribution in [-0.2, 0) is 7.05 Å². The number of benzene rings is 1. The largest absolute Gasteiger partial charge is 0.420 e. The third-order valence-corrected chi connectivity index (χ3v) is 6.26. The number of aryl methyl sites for hydroxylation is 1. The number of carbonyl (C=O) groups excluding carboxylic acids is 1. The Balaban J connectivity index is 1.34. The number of amides is 1. The molecule has 0 unspecified atom stereocenters. The first-order valence-electron chi connectivity index (χ1n) is 9.95. The van der Waals surface area contributed by atoms with E-state index < -0.39 is 0 Å². The van der Waals surface area contributed by atoms with Gasteiger partial charge in [0, 0.05) is 25.7 Å². The highest BCUT2D eigenvalue weighted by Gasteiger charge is 2.30. The van der Waals surface area contributed by atoms with Gasteiger partial charge in [0.1, 0.15) is 5.69 Å². The van der Waals surface area contributed by atoms with Gasteiger partial charge in [-0.2, -0.15) is 5.10 Å². The third-order valence-electron chi connectivity index (χ3n) is 5.40. The Bertz CT molecular complexity index is 1150. The first-order valence-corrected chi connectivity index (χ1v) is 10.8. The Morgan fingerprint density at radius 2 is 2.03 bits per heavy atom. The summed E-state index contributed by atoms with van der Waals surface area (Å²) in [5.41, 5.74) is 2.38. The lowest BCUT2D eigenvalue weighted by molar-refractivity contribution is 0.0687. The highest BCUT2D eigenvalue weighted by Crippen LogP contribution is 2.30. The molecule has 0 radical (unpaired) electrons. The zero-order valence-electron chi connectivity index (χ0n) is 16.6. The molecule has 4 aromatic rings. The summed E-state index contributed by atoms with van der Waals surface area (Å²) in [6.07, 6.45) is 1.83. The number of carbonyl (C=O) groups is 1. The van der Waals surface area contributed by atoms with Crippen LogP contribution in [0.4, 0.5) is 0 Å². The van der Waals surface area contributed by atoms with Gasteiger partial charge in [0.25, 0.3) is 11.8 Å². The molecule has 3 aromatic heterocycles. The van der Waals surface area contributed by atoms with Gasteiger partial charge >= 0.3 is 0 Å². The summed E-state index contributed by atoms with van der Waals surface area (Å²) in [7, 11) is 1.81. The molecule has 1 aliphatic heterocycles. The van der Waals surface area contributed by atoms with Crippen LogP contribution in [0, 0.1) is 0 Å². The van der Waals surface area contributed by atoms with Crippen LogP contribution in [0.5, 0.6) is 0 Å². The second kappa shape index (κ2) is 7.87. The van der Waals surface area contributed by atoms with Gasteiger partial charge in [-0.25, -0.2) is 0 Å². The summed E-state index contributed by atoms with van der Waals surface area (Å²) in [6, 6.07) is 15.7. The lowest BCUT2D eigenvalue weighted by Gasteiger charge is -2.31. The van der Waals surface area contributed by atoms with Gasteiger partial charge in [-0.1, -0.05) is 36.4 Å². The normalized spacial score (nSPS) is 16.7. The molecule has 8 heteroatoms. The maximum Gasteiger partial charge on any atom is 0.272 e. The fourth-order valence-corrected chi connectivity index (χ4v) is 4.49. The molecule has 0 saturated carbocycles. The van der Waals surface area contributed by atoms with Crippen LogP contribution in [-0.4, -0.2) is 43.9 Å². The summed E-state index contributed by atoms with van der Waals surface area (Å²) in [4.78, 5) is 16.1. The molecule has 1 amide bonds. The first kappa shape index (κ1) is 18.7. The van der Waals surface area contributed by atoms with E-state index in [0.717, 1.165) is 29.0 Å². The molecule has 1 fully saturated rings. The average molecular weight is 420 g/mol. The van der Waals surface area contributed by atoms with Crippen molar-refractivity contribution in [1.82, 2.24) is 24.9 Å². The Morgan fingerprint density at radius 1 is 1.17 bits per heavy atom. The van der Waals surface area contributed by atoms with Crippen LogP contribution in [0.1, 0.15) is 35.1 Å². The van der Waals surface area contributed by atoms with E-state index in [-0.39, 0.29) is 11.8 Å². The number of nitrogens with zero attached hydrogens (tertiary/aromatic N) is 5. The molecule has 0 N–H and O–H groups in total. The number of thiophene rings is 1. The van der Waals surface area contributed by atoms with Crippen LogP contribution in [0.2, 0.25) is 0 Å². The van der Waals surface area contributed by atoms with Gasteiger partial charge < -0.3 is 9.32 Å². The quantitative estimate of drug-likeness (QED) is 0.495. The minimum Gasteiger partial charge on any atom is -0.420 e. The molecule has 4 heterocycles. The lowest BCUT2D eigenvalue weighted by atomic mass is 9.97. The summed E-state index contributed by atoms with van der Waals surface area (Å²) >= 11 is 1.57. The standard InChI is InChI=1S/C22H21N5O2S/c1-26-18(13-17(25-26)15-7-3-2-4-8-15)22(28)27-11-5-9-16(14-27)20-23-24-21(29-20)19-10-6-12-30-19/h2-4,6-8,10,12-13,16H,5,9,11,14H2,1H3/t16-/m1/s1. The maximum absolute atomic E-state index is 13.2. The van der Waals surface area contributed by atoms with Crippen molar-refractivity contribution in [3.05, 3.63) is 65.5 Å². The fourth-order valence-electron chi connectivity index (χ4n) is 3.84. The van der Waals surface area contributed by atoms with Gasteiger partial charge in [-0.15, -0.1) is 21.5 Å². The maximum atomic E-state index is 13.2. The van der Waals surface area contributed by atoms with Gasteiger partial charge in [-0.05, 0) is 30.4 Å². The third kappa shape index (κ3) is 3.54. The van der Waals surface area contributed by atoms with E-state index in [1.165, 1.54) is 0 Å². The fraction of sp³-hybridized carbons (Fsp3) is 0.273. The van der Waals surface area contributed by atoms with E-state index in [0.29, 0.717) is 30.6 Å². The van der Waals surface area contributed by atoms with Crippen LogP contribution in [0.25, 0.3) is 22.0 Å². The van der Waals surface area contributed by atoms with E-state index in [2.05, 4.69) is 15.3 Å². The van der Waals surface area contributed by atoms with Crippen LogP contribution < -0.4 is 0 Å². The van der Waals surface area contributed by atoms with E-state index in [4.69, 9.17) is 4.42 Å². The zero-order chi connectivity index (χ0) is 20.5. The van der Waals surface area contributed by atoms with E-state index in [9.17, 15) is 4.79 Å². The van der Waals surface area contributed by atoms with E-state index >= 15 is 0 Å². The van der Waals surface area contributed by atoms with Crippen molar-refractivity contribution in [3.8, 4) is 22.0 Å². The summed E-state index contributed by atoms with van der Waals surface area (Å²) in [5.74, 6) is 1.18. The Hall–Kier alpha value is -3.26.